The van der Waals surface area contributed by atoms with Gasteiger partial charge in [-0.2, -0.15) is 0 Å². The summed E-state index contributed by atoms with van der Waals surface area (Å²) in [4.78, 5) is 30.8. The van der Waals surface area contributed by atoms with Crippen molar-refractivity contribution < 1.29 is 23.6 Å². The number of quaternary nitrogens is 1. The second-order valence-electron chi connectivity index (χ2n) is 7.95. The fraction of sp³-hybridized carbons (Fsp3) is 0.500. The molecule has 1 saturated heterocycles. The van der Waals surface area contributed by atoms with E-state index in [0.29, 0.717) is 26.1 Å². The maximum absolute atomic E-state index is 13.2. The van der Waals surface area contributed by atoms with Crippen LogP contribution in [0.4, 0.5) is 0 Å². The highest BCUT2D eigenvalue weighted by atomic mass is 16.5. The molecule has 0 bridgehead atoms. The lowest BCUT2D eigenvalue weighted by Crippen LogP contribution is -3.14. The minimum atomic E-state index is -0.0687. The van der Waals surface area contributed by atoms with Crippen LogP contribution in [-0.2, 0) is 27.4 Å². The number of amides is 2. The molecule has 1 fully saturated rings. The van der Waals surface area contributed by atoms with Gasteiger partial charge in [0, 0.05) is 25.9 Å². The zero-order chi connectivity index (χ0) is 21.9. The molecule has 3 rings (SSSR count). The highest BCUT2D eigenvalue weighted by molar-refractivity contribution is 5.84. The van der Waals surface area contributed by atoms with E-state index in [0.717, 1.165) is 50.6 Å². The zero-order valence-electron chi connectivity index (χ0n) is 18.4. The van der Waals surface area contributed by atoms with Crippen molar-refractivity contribution in [2.45, 2.75) is 32.9 Å². The SMILES string of the molecule is CCC(=O)N(CCC[NH+]1CCOCC1)CC(=O)N(Cc1ccccc1)Cc1ccco1. The van der Waals surface area contributed by atoms with Gasteiger partial charge in [0.05, 0.1) is 39.1 Å². The van der Waals surface area contributed by atoms with Gasteiger partial charge in [0.25, 0.3) is 0 Å². The van der Waals surface area contributed by atoms with E-state index in [4.69, 9.17) is 9.15 Å². The van der Waals surface area contributed by atoms with Crippen LogP contribution in [0.1, 0.15) is 31.1 Å². The molecule has 7 heteroatoms. The minimum Gasteiger partial charge on any atom is -0.467 e. The van der Waals surface area contributed by atoms with Crippen molar-refractivity contribution in [3.63, 3.8) is 0 Å². The first-order chi connectivity index (χ1) is 15.2. The molecular formula is C24H34N3O4+. The molecular weight excluding hydrogens is 394 g/mol. The van der Waals surface area contributed by atoms with Crippen LogP contribution in [0.5, 0.6) is 0 Å². The number of rotatable bonds is 11. The van der Waals surface area contributed by atoms with Gasteiger partial charge in [-0.05, 0) is 17.7 Å². The van der Waals surface area contributed by atoms with Gasteiger partial charge < -0.3 is 23.9 Å². The third-order valence-corrected chi connectivity index (χ3v) is 5.64. The quantitative estimate of drug-likeness (QED) is 0.587. The summed E-state index contributed by atoms with van der Waals surface area (Å²) in [6.07, 6.45) is 2.89. The second kappa shape index (κ2) is 12.3. The summed E-state index contributed by atoms with van der Waals surface area (Å²) in [5, 5.41) is 0. The van der Waals surface area contributed by atoms with E-state index in [1.54, 1.807) is 16.1 Å². The molecule has 0 spiro atoms. The average molecular weight is 429 g/mol. The molecule has 1 N–H and O–H groups in total. The van der Waals surface area contributed by atoms with Crippen LogP contribution in [-0.4, -0.2) is 67.6 Å². The van der Waals surface area contributed by atoms with Crippen LogP contribution in [0.15, 0.2) is 53.1 Å². The van der Waals surface area contributed by atoms with Gasteiger partial charge in [0.2, 0.25) is 11.8 Å². The number of carbonyl (C=O) groups excluding carboxylic acids is 2. The van der Waals surface area contributed by atoms with E-state index >= 15 is 0 Å². The van der Waals surface area contributed by atoms with Gasteiger partial charge >= 0.3 is 0 Å². The Bertz CT molecular complexity index is 788. The summed E-state index contributed by atoms with van der Waals surface area (Å²) >= 11 is 0. The molecule has 0 radical (unpaired) electrons. The Labute approximate surface area is 184 Å². The molecule has 1 aromatic heterocycles. The smallest absolute Gasteiger partial charge is 0.242 e. The lowest BCUT2D eigenvalue weighted by atomic mass is 10.2. The number of hydrogen-bond acceptors (Lipinski definition) is 4. The van der Waals surface area contributed by atoms with Crippen molar-refractivity contribution in [1.29, 1.82) is 0 Å². The van der Waals surface area contributed by atoms with Gasteiger partial charge in [-0.3, -0.25) is 9.59 Å². The maximum atomic E-state index is 13.2. The molecule has 7 nitrogen and oxygen atoms in total. The van der Waals surface area contributed by atoms with Crippen molar-refractivity contribution in [2.75, 3.05) is 45.9 Å². The first-order valence-corrected chi connectivity index (χ1v) is 11.2. The lowest BCUT2D eigenvalue weighted by molar-refractivity contribution is -0.908. The molecule has 2 aromatic rings. The summed E-state index contributed by atoms with van der Waals surface area (Å²) in [5.41, 5.74) is 1.05. The topological polar surface area (TPSA) is 67.4 Å². The summed E-state index contributed by atoms with van der Waals surface area (Å²) in [6, 6.07) is 13.6. The number of nitrogens with zero attached hydrogens (tertiary/aromatic N) is 2. The fourth-order valence-corrected chi connectivity index (χ4v) is 3.84. The molecule has 2 amide bonds. The lowest BCUT2D eigenvalue weighted by Gasteiger charge is -2.28. The van der Waals surface area contributed by atoms with Crippen LogP contribution in [0, 0.1) is 0 Å². The Kier molecular flexibility index (Phi) is 9.12. The van der Waals surface area contributed by atoms with Crippen LogP contribution >= 0.6 is 0 Å². The van der Waals surface area contributed by atoms with Crippen LogP contribution in [0.3, 0.4) is 0 Å². The third-order valence-electron chi connectivity index (χ3n) is 5.64. The summed E-state index contributed by atoms with van der Waals surface area (Å²) in [6.45, 7) is 8.01. The Morgan fingerprint density at radius 1 is 0.968 bits per heavy atom. The highest BCUT2D eigenvalue weighted by Crippen LogP contribution is 2.12. The van der Waals surface area contributed by atoms with E-state index in [-0.39, 0.29) is 18.4 Å². The van der Waals surface area contributed by atoms with E-state index in [2.05, 4.69) is 0 Å². The summed E-state index contributed by atoms with van der Waals surface area (Å²) < 4.78 is 10.9. The maximum Gasteiger partial charge on any atom is 0.242 e. The molecule has 0 atom stereocenters. The average Bonchev–Trinajstić information content (AvgIpc) is 3.32. The third kappa shape index (κ3) is 7.52. The predicted molar refractivity (Wildman–Crippen MR) is 117 cm³/mol. The largest absolute Gasteiger partial charge is 0.467 e. The Morgan fingerprint density at radius 2 is 1.74 bits per heavy atom. The molecule has 0 saturated carbocycles. The van der Waals surface area contributed by atoms with E-state index in [1.807, 2.05) is 49.4 Å². The number of carbonyl (C=O) groups is 2. The van der Waals surface area contributed by atoms with Crippen molar-refractivity contribution in [3.05, 3.63) is 60.1 Å². The molecule has 1 aliphatic heterocycles. The normalized spacial score (nSPS) is 14.4. The van der Waals surface area contributed by atoms with Crippen molar-refractivity contribution in [1.82, 2.24) is 9.80 Å². The number of nitrogens with one attached hydrogen (secondary N) is 1. The Morgan fingerprint density at radius 3 is 2.42 bits per heavy atom. The van der Waals surface area contributed by atoms with Gasteiger partial charge in [0.1, 0.15) is 18.8 Å². The first-order valence-electron chi connectivity index (χ1n) is 11.2. The van der Waals surface area contributed by atoms with Crippen LogP contribution in [0.2, 0.25) is 0 Å². The van der Waals surface area contributed by atoms with Gasteiger partial charge in [-0.1, -0.05) is 37.3 Å². The van der Waals surface area contributed by atoms with Crippen LogP contribution in [0.25, 0.3) is 0 Å². The summed E-state index contributed by atoms with van der Waals surface area (Å²) in [5.74, 6) is 0.678. The van der Waals surface area contributed by atoms with E-state index in [9.17, 15) is 9.59 Å². The number of morpholine rings is 1. The molecule has 168 valence electrons. The standard InChI is InChI=1S/C24H33N3O4/c1-2-23(28)26(12-7-11-25-13-16-30-17-14-25)20-24(29)27(19-22-10-6-15-31-22)18-21-8-4-3-5-9-21/h3-6,8-10,15H,2,7,11-14,16-20H2,1H3/p+1. The van der Waals surface area contributed by atoms with Crippen LogP contribution < -0.4 is 4.90 Å². The predicted octanol–water partition coefficient (Wildman–Crippen LogP) is 1.35. The van der Waals surface area contributed by atoms with Gasteiger partial charge in [-0.25, -0.2) is 0 Å². The number of ether oxygens (including phenoxy) is 1. The number of benzene rings is 1. The molecule has 1 aromatic carbocycles. The van der Waals surface area contributed by atoms with E-state index < -0.39 is 0 Å². The number of hydrogen-bond donors (Lipinski definition) is 1. The second-order valence-corrected chi connectivity index (χ2v) is 7.95. The molecule has 31 heavy (non-hydrogen) atoms. The number of furan rings is 1. The molecule has 0 aliphatic carbocycles. The van der Waals surface area contributed by atoms with Gasteiger partial charge in [0.15, 0.2) is 0 Å². The fourth-order valence-electron chi connectivity index (χ4n) is 3.84. The summed E-state index contributed by atoms with van der Waals surface area (Å²) in [7, 11) is 0. The molecule has 2 heterocycles. The van der Waals surface area contributed by atoms with E-state index in [1.165, 1.54) is 4.90 Å². The Hall–Kier alpha value is -2.64. The zero-order valence-corrected chi connectivity index (χ0v) is 18.4. The van der Waals surface area contributed by atoms with Crippen molar-refractivity contribution >= 4 is 11.8 Å². The monoisotopic (exact) mass is 428 g/mol. The van der Waals surface area contributed by atoms with Crippen molar-refractivity contribution in [3.8, 4) is 0 Å². The van der Waals surface area contributed by atoms with Gasteiger partial charge in [-0.15, -0.1) is 0 Å². The highest BCUT2D eigenvalue weighted by Gasteiger charge is 2.22. The Balaban J connectivity index is 1.61. The molecule has 1 aliphatic rings. The first kappa shape index (κ1) is 23.0. The van der Waals surface area contributed by atoms with Crippen molar-refractivity contribution in [2.24, 2.45) is 0 Å². The minimum absolute atomic E-state index is 0.0167. The molecule has 0 unspecified atom stereocenters.